The molecule has 1 rings (SSSR count). The van der Waals surface area contributed by atoms with Crippen LogP contribution in [0.15, 0.2) is 0 Å². The van der Waals surface area contributed by atoms with Crippen molar-refractivity contribution in [3.63, 3.8) is 0 Å². The third-order valence-electron chi connectivity index (χ3n) is 2.08. The van der Waals surface area contributed by atoms with Gasteiger partial charge in [-0.25, -0.2) is 0 Å². The Kier molecular flexibility index (Phi) is 3.57. The van der Waals surface area contributed by atoms with Crippen LogP contribution in [0.5, 0.6) is 0 Å². The van der Waals surface area contributed by atoms with Gasteiger partial charge in [-0.15, -0.1) is 0 Å². The van der Waals surface area contributed by atoms with Crippen molar-refractivity contribution in [3.8, 4) is 0 Å². The van der Waals surface area contributed by atoms with Crippen molar-refractivity contribution in [1.82, 2.24) is 0 Å². The monoisotopic (exact) mass is 156 g/mol. The van der Waals surface area contributed by atoms with E-state index in [0.717, 1.165) is 13.0 Å². The van der Waals surface area contributed by atoms with Gasteiger partial charge in [0.25, 0.3) is 0 Å². The summed E-state index contributed by atoms with van der Waals surface area (Å²) >= 11 is 0. The van der Waals surface area contributed by atoms with Gasteiger partial charge in [0.1, 0.15) is 5.78 Å². The molecule has 1 saturated carbocycles. The van der Waals surface area contributed by atoms with E-state index in [2.05, 4.69) is 0 Å². The lowest BCUT2D eigenvalue weighted by atomic mass is 9.96. The summed E-state index contributed by atoms with van der Waals surface area (Å²) in [6.45, 7) is 2.40. The zero-order valence-electron chi connectivity index (χ0n) is 7.14. The van der Waals surface area contributed by atoms with Gasteiger partial charge in [0.05, 0.1) is 6.10 Å². The molecule has 0 aromatic carbocycles. The summed E-state index contributed by atoms with van der Waals surface area (Å²) in [6.07, 6.45) is 5.85. The van der Waals surface area contributed by atoms with Gasteiger partial charge in [0.15, 0.2) is 0 Å². The van der Waals surface area contributed by atoms with E-state index in [-0.39, 0.29) is 5.78 Å². The number of hydrogen-bond donors (Lipinski definition) is 0. The van der Waals surface area contributed by atoms with Crippen LogP contribution in [0, 0.1) is 0 Å². The molecule has 11 heavy (non-hydrogen) atoms. The van der Waals surface area contributed by atoms with Crippen LogP contribution in [-0.2, 0) is 9.53 Å². The van der Waals surface area contributed by atoms with E-state index in [1.165, 1.54) is 19.3 Å². The van der Waals surface area contributed by atoms with Crippen molar-refractivity contribution in [2.24, 2.45) is 0 Å². The maximum atomic E-state index is 10.5. The summed E-state index contributed by atoms with van der Waals surface area (Å²) in [7, 11) is 0. The fourth-order valence-corrected chi connectivity index (χ4v) is 1.11. The normalized spacial score (nSPS) is 17.9. The molecular weight excluding hydrogens is 140 g/mol. The molecule has 64 valence electrons. The van der Waals surface area contributed by atoms with Crippen molar-refractivity contribution in [1.29, 1.82) is 0 Å². The van der Waals surface area contributed by atoms with Gasteiger partial charge < -0.3 is 9.53 Å². The Hall–Kier alpha value is -0.370. The van der Waals surface area contributed by atoms with Crippen molar-refractivity contribution in [3.05, 3.63) is 0 Å². The Morgan fingerprint density at radius 1 is 1.55 bits per heavy atom. The van der Waals surface area contributed by atoms with Crippen molar-refractivity contribution in [2.45, 2.75) is 45.1 Å². The van der Waals surface area contributed by atoms with Crippen molar-refractivity contribution < 1.29 is 9.53 Å². The zero-order valence-corrected chi connectivity index (χ0v) is 7.14. The molecule has 0 amide bonds. The van der Waals surface area contributed by atoms with Gasteiger partial charge in [-0.2, -0.15) is 0 Å². The third kappa shape index (κ3) is 3.51. The van der Waals surface area contributed by atoms with E-state index in [1.54, 1.807) is 6.92 Å². The summed E-state index contributed by atoms with van der Waals surface area (Å²) in [5.41, 5.74) is 0. The molecule has 0 atom stereocenters. The fourth-order valence-electron chi connectivity index (χ4n) is 1.11. The molecule has 0 bridgehead atoms. The van der Waals surface area contributed by atoms with E-state index < -0.39 is 0 Å². The average Bonchev–Trinajstić information content (AvgIpc) is 1.82. The smallest absolute Gasteiger partial charge is 0.129 e. The Labute approximate surface area is 67.9 Å². The van der Waals surface area contributed by atoms with Crippen LogP contribution in [0.2, 0.25) is 0 Å². The molecule has 2 heteroatoms. The predicted molar refractivity (Wildman–Crippen MR) is 43.5 cm³/mol. The van der Waals surface area contributed by atoms with Gasteiger partial charge in [-0.1, -0.05) is 0 Å². The van der Waals surface area contributed by atoms with Gasteiger partial charge in [-0.3, -0.25) is 0 Å². The number of ketones is 1. The van der Waals surface area contributed by atoms with Crippen LogP contribution < -0.4 is 0 Å². The van der Waals surface area contributed by atoms with Gasteiger partial charge in [0.2, 0.25) is 0 Å². The molecule has 0 aliphatic heterocycles. The minimum absolute atomic E-state index is 0.266. The minimum Gasteiger partial charge on any atom is -0.378 e. The lowest BCUT2D eigenvalue weighted by Crippen LogP contribution is -2.22. The van der Waals surface area contributed by atoms with Gasteiger partial charge in [-0.05, 0) is 32.6 Å². The fraction of sp³-hybridized carbons (Fsp3) is 0.889. The summed E-state index contributed by atoms with van der Waals surface area (Å²) in [6, 6.07) is 0. The molecule has 1 aliphatic rings. The number of carbonyl (C=O) groups is 1. The molecule has 1 aliphatic carbocycles. The molecule has 0 N–H and O–H groups in total. The summed E-state index contributed by atoms with van der Waals surface area (Å²) in [5, 5.41) is 0. The molecule has 0 unspecified atom stereocenters. The van der Waals surface area contributed by atoms with Crippen molar-refractivity contribution in [2.75, 3.05) is 6.61 Å². The molecular formula is C9H16O2. The Bertz CT molecular complexity index is 128. The van der Waals surface area contributed by atoms with Crippen LogP contribution >= 0.6 is 0 Å². The average molecular weight is 156 g/mol. The van der Waals surface area contributed by atoms with E-state index in [0.29, 0.717) is 12.5 Å². The van der Waals surface area contributed by atoms with E-state index in [4.69, 9.17) is 4.74 Å². The molecule has 0 aromatic heterocycles. The summed E-state index contributed by atoms with van der Waals surface area (Å²) in [4.78, 5) is 10.5. The van der Waals surface area contributed by atoms with E-state index in [1.807, 2.05) is 0 Å². The second-order valence-corrected chi connectivity index (χ2v) is 3.23. The second-order valence-electron chi connectivity index (χ2n) is 3.23. The third-order valence-corrected chi connectivity index (χ3v) is 2.08. The maximum Gasteiger partial charge on any atom is 0.129 e. The highest BCUT2D eigenvalue weighted by Crippen LogP contribution is 2.21. The number of hydrogen-bond acceptors (Lipinski definition) is 2. The van der Waals surface area contributed by atoms with Crippen LogP contribution in [0.3, 0.4) is 0 Å². The first-order valence-electron chi connectivity index (χ1n) is 4.40. The molecule has 0 heterocycles. The summed E-state index contributed by atoms with van der Waals surface area (Å²) < 4.78 is 5.48. The van der Waals surface area contributed by atoms with Crippen LogP contribution in [0.1, 0.15) is 39.0 Å². The first-order chi connectivity index (χ1) is 5.29. The molecule has 0 spiro atoms. The van der Waals surface area contributed by atoms with E-state index in [9.17, 15) is 4.79 Å². The summed E-state index contributed by atoms with van der Waals surface area (Å²) in [5.74, 6) is 0.266. The molecule has 0 saturated heterocycles. The highest BCUT2D eigenvalue weighted by molar-refractivity contribution is 5.75. The predicted octanol–water partition coefficient (Wildman–Crippen LogP) is 1.92. The zero-order chi connectivity index (χ0) is 8.10. The first kappa shape index (κ1) is 8.72. The lowest BCUT2D eigenvalue weighted by molar-refractivity contribution is -0.117. The van der Waals surface area contributed by atoms with Crippen LogP contribution in [-0.4, -0.2) is 18.5 Å². The number of Topliss-reactive ketones (excluding diaryl/α,β-unsaturated/α-hetero) is 1. The largest absolute Gasteiger partial charge is 0.378 e. The highest BCUT2D eigenvalue weighted by Gasteiger charge is 2.16. The SMILES string of the molecule is CC(=O)CCCOC1CCC1. The lowest BCUT2D eigenvalue weighted by Gasteiger charge is -2.25. The Morgan fingerprint density at radius 2 is 2.27 bits per heavy atom. The van der Waals surface area contributed by atoms with E-state index >= 15 is 0 Å². The second kappa shape index (κ2) is 4.50. The Balaban J connectivity index is 1.83. The molecule has 0 aromatic rings. The molecule has 2 nitrogen and oxygen atoms in total. The first-order valence-corrected chi connectivity index (χ1v) is 4.40. The maximum absolute atomic E-state index is 10.5. The number of carbonyl (C=O) groups excluding carboxylic acids is 1. The molecule has 0 radical (unpaired) electrons. The standard InChI is InChI=1S/C9H16O2/c1-8(10)4-3-7-11-9-5-2-6-9/h9H,2-7H2,1H3. The topological polar surface area (TPSA) is 26.3 Å². The van der Waals surface area contributed by atoms with Gasteiger partial charge >= 0.3 is 0 Å². The minimum atomic E-state index is 0.266. The van der Waals surface area contributed by atoms with Gasteiger partial charge in [0, 0.05) is 13.0 Å². The quantitative estimate of drug-likeness (QED) is 0.568. The number of ether oxygens (including phenoxy) is 1. The van der Waals surface area contributed by atoms with Crippen molar-refractivity contribution >= 4 is 5.78 Å². The highest BCUT2D eigenvalue weighted by atomic mass is 16.5. The number of rotatable bonds is 5. The molecule has 1 fully saturated rings. The van der Waals surface area contributed by atoms with Crippen LogP contribution in [0.4, 0.5) is 0 Å². The van der Waals surface area contributed by atoms with Crippen LogP contribution in [0.25, 0.3) is 0 Å². The Morgan fingerprint density at radius 3 is 2.73 bits per heavy atom.